The lowest BCUT2D eigenvalue weighted by atomic mass is 10.1. The second-order valence-corrected chi connectivity index (χ2v) is 8.84. The van der Waals surface area contributed by atoms with Crippen molar-refractivity contribution in [3.05, 3.63) is 89.6 Å². The molecule has 0 atom stereocenters. The Morgan fingerprint density at radius 2 is 1.48 bits per heavy atom. The van der Waals surface area contributed by atoms with Crippen LogP contribution in [0.25, 0.3) is 23.1 Å². The lowest BCUT2D eigenvalue weighted by molar-refractivity contribution is 0.355. The number of hydrogen-bond acceptors (Lipinski definition) is 4. The molecule has 0 N–H and O–H groups in total. The number of aryl methyl sites for hydroxylation is 1. The Hall–Kier alpha value is -3.51. The van der Waals surface area contributed by atoms with Crippen LogP contribution in [0.4, 0.5) is 0 Å². The largest absolute Gasteiger partial charge is 0.493 e. The molecule has 0 amide bonds. The first kappa shape index (κ1) is 20.8. The smallest absolute Gasteiger partial charge is 0.268 e. The van der Waals surface area contributed by atoms with Crippen LogP contribution < -0.4 is 9.47 Å². The van der Waals surface area contributed by atoms with E-state index in [0.717, 1.165) is 16.5 Å². The molecule has 4 rings (SSSR count). The van der Waals surface area contributed by atoms with Gasteiger partial charge in [-0.1, -0.05) is 48.5 Å². The topological polar surface area (TPSA) is 57.5 Å². The van der Waals surface area contributed by atoms with Crippen LogP contribution in [0, 0.1) is 6.92 Å². The summed E-state index contributed by atoms with van der Waals surface area (Å²) in [4.78, 5) is 0.247. The highest BCUT2D eigenvalue weighted by atomic mass is 32.2. The van der Waals surface area contributed by atoms with Crippen molar-refractivity contribution in [1.82, 2.24) is 3.97 Å². The van der Waals surface area contributed by atoms with E-state index in [-0.39, 0.29) is 4.90 Å². The third kappa shape index (κ3) is 3.70. The van der Waals surface area contributed by atoms with Crippen molar-refractivity contribution in [2.45, 2.75) is 11.8 Å². The summed E-state index contributed by atoms with van der Waals surface area (Å²) in [7, 11) is -0.613. The van der Waals surface area contributed by atoms with Gasteiger partial charge in [-0.3, -0.25) is 0 Å². The van der Waals surface area contributed by atoms with E-state index in [0.29, 0.717) is 22.7 Å². The molecule has 0 bridgehead atoms. The molecular formula is C25H23NO4S. The van der Waals surface area contributed by atoms with Crippen molar-refractivity contribution in [3.8, 4) is 11.5 Å². The van der Waals surface area contributed by atoms with E-state index >= 15 is 0 Å². The summed E-state index contributed by atoms with van der Waals surface area (Å²) in [5.74, 6) is 1.25. The zero-order valence-electron chi connectivity index (χ0n) is 17.6. The van der Waals surface area contributed by atoms with Gasteiger partial charge in [0.15, 0.2) is 11.5 Å². The van der Waals surface area contributed by atoms with Gasteiger partial charge in [0.2, 0.25) is 0 Å². The number of hydrogen-bond donors (Lipinski definition) is 0. The maximum Gasteiger partial charge on any atom is 0.268 e. The Labute approximate surface area is 182 Å². The standard InChI is InChI=1S/C25H23NO4S/c1-18-21-11-7-8-12-23(21)26(31(27,28)20-9-5-4-6-10-20)22(18)15-13-19-14-16-24(29-2)25(17-19)30-3/h4-17H,1-3H3/b15-13+. The number of fused-ring (bicyclic) bond motifs is 1. The highest BCUT2D eigenvalue weighted by Gasteiger charge is 2.24. The predicted octanol–water partition coefficient (Wildman–Crippen LogP) is 5.37. The number of nitrogens with zero attached hydrogens (tertiary/aromatic N) is 1. The molecule has 5 nitrogen and oxygen atoms in total. The average Bonchev–Trinajstić information content (AvgIpc) is 3.10. The molecule has 1 heterocycles. The predicted molar refractivity (Wildman–Crippen MR) is 124 cm³/mol. The van der Waals surface area contributed by atoms with Gasteiger partial charge < -0.3 is 9.47 Å². The number of aromatic nitrogens is 1. The van der Waals surface area contributed by atoms with E-state index in [2.05, 4.69) is 0 Å². The molecule has 6 heteroatoms. The van der Waals surface area contributed by atoms with Crippen LogP contribution in [-0.2, 0) is 10.0 Å². The Morgan fingerprint density at radius 1 is 0.806 bits per heavy atom. The Kier molecular flexibility index (Phi) is 5.57. The van der Waals surface area contributed by atoms with Crippen LogP contribution in [0.2, 0.25) is 0 Å². The molecule has 0 unspecified atom stereocenters. The fraction of sp³-hybridized carbons (Fsp3) is 0.120. The zero-order valence-corrected chi connectivity index (χ0v) is 18.4. The third-order valence-electron chi connectivity index (χ3n) is 5.25. The molecule has 0 saturated carbocycles. The average molecular weight is 434 g/mol. The first-order chi connectivity index (χ1) is 15.0. The molecular weight excluding hydrogens is 410 g/mol. The zero-order chi connectivity index (χ0) is 22.0. The van der Waals surface area contributed by atoms with Gasteiger partial charge in [0.1, 0.15) is 0 Å². The number of benzene rings is 3. The van der Waals surface area contributed by atoms with Crippen molar-refractivity contribution in [3.63, 3.8) is 0 Å². The van der Waals surface area contributed by atoms with Crippen molar-refractivity contribution in [2.24, 2.45) is 0 Å². The van der Waals surface area contributed by atoms with E-state index in [1.807, 2.05) is 61.5 Å². The molecule has 0 radical (unpaired) electrons. The number of methoxy groups -OCH3 is 2. The molecule has 158 valence electrons. The fourth-order valence-corrected chi connectivity index (χ4v) is 5.26. The van der Waals surface area contributed by atoms with Crippen molar-refractivity contribution in [2.75, 3.05) is 14.2 Å². The fourth-order valence-electron chi connectivity index (χ4n) is 3.67. The van der Waals surface area contributed by atoms with Crippen molar-refractivity contribution in [1.29, 1.82) is 0 Å². The molecule has 0 saturated heterocycles. The maximum atomic E-state index is 13.6. The highest BCUT2D eigenvalue weighted by molar-refractivity contribution is 7.90. The second-order valence-electron chi connectivity index (χ2n) is 7.06. The van der Waals surface area contributed by atoms with Crippen LogP contribution in [0.15, 0.2) is 77.7 Å². The molecule has 0 aliphatic rings. The van der Waals surface area contributed by atoms with Crippen molar-refractivity contribution >= 4 is 33.1 Å². The van der Waals surface area contributed by atoms with Gasteiger partial charge >= 0.3 is 0 Å². The van der Waals surface area contributed by atoms with Gasteiger partial charge in [-0.15, -0.1) is 0 Å². The first-order valence-corrected chi connectivity index (χ1v) is 11.2. The van der Waals surface area contributed by atoms with Crippen LogP contribution in [-0.4, -0.2) is 26.6 Å². The summed E-state index contributed by atoms with van der Waals surface area (Å²) in [6, 6.07) is 21.6. The molecule has 1 aromatic heterocycles. The van der Waals surface area contributed by atoms with E-state index in [1.165, 1.54) is 3.97 Å². The maximum absolute atomic E-state index is 13.6. The van der Waals surface area contributed by atoms with E-state index < -0.39 is 10.0 Å². The molecule has 0 aliphatic heterocycles. The minimum atomic E-state index is -3.78. The van der Waals surface area contributed by atoms with Gasteiger partial charge in [-0.2, -0.15) is 0 Å². The summed E-state index contributed by atoms with van der Waals surface area (Å²) in [6.45, 7) is 1.94. The lowest BCUT2D eigenvalue weighted by Crippen LogP contribution is -2.14. The minimum Gasteiger partial charge on any atom is -0.493 e. The van der Waals surface area contributed by atoms with Gasteiger partial charge in [-0.25, -0.2) is 12.4 Å². The van der Waals surface area contributed by atoms with Crippen LogP contribution in [0.1, 0.15) is 16.8 Å². The first-order valence-electron chi connectivity index (χ1n) is 9.78. The van der Waals surface area contributed by atoms with Crippen molar-refractivity contribution < 1.29 is 17.9 Å². The highest BCUT2D eigenvalue weighted by Crippen LogP contribution is 2.32. The van der Waals surface area contributed by atoms with Gasteiger partial charge in [0.05, 0.1) is 30.3 Å². The SMILES string of the molecule is COc1ccc(/C=C/c2c(C)c3ccccc3n2S(=O)(=O)c2ccccc2)cc1OC. The number of para-hydroxylation sites is 1. The van der Waals surface area contributed by atoms with E-state index in [1.54, 1.807) is 44.6 Å². The van der Waals surface area contributed by atoms with Crippen LogP contribution >= 0.6 is 0 Å². The summed E-state index contributed by atoms with van der Waals surface area (Å²) < 4.78 is 39.2. The molecule has 4 aromatic rings. The molecule has 0 aliphatic carbocycles. The van der Waals surface area contributed by atoms with Gasteiger partial charge in [-0.05, 0) is 54.5 Å². The summed E-state index contributed by atoms with van der Waals surface area (Å²) in [5.41, 5.74) is 3.02. The minimum absolute atomic E-state index is 0.247. The summed E-state index contributed by atoms with van der Waals surface area (Å²) >= 11 is 0. The summed E-state index contributed by atoms with van der Waals surface area (Å²) in [6.07, 6.45) is 3.71. The normalized spacial score (nSPS) is 11.8. The molecule has 0 fully saturated rings. The van der Waals surface area contributed by atoms with Gasteiger partial charge in [0, 0.05) is 5.39 Å². The quantitative estimate of drug-likeness (QED) is 0.410. The number of ether oxygens (including phenoxy) is 2. The monoisotopic (exact) mass is 433 g/mol. The molecule has 3 aromatic carbocycles. The molecule has 31 heavy (non-hydrogen) atoms. The lowest BCUT2D eigenvalue weighted by Gasteiger charge is -2.11. The Balaban J connectivity index is 1.90. The van der Waals surface area contributed by atoms with E-state index in [9.17, 15) is 8.42 Å². The van der Waals surface area contributed by atoms with E-state index in [4.69, 9.17) is 9.47 Å². The molecule has 0 spiro atoms. The Morgan fingerprint density at radius 3 is 2.19 bits per heavy atom. The second kappa shape index (κ2) is 8.32. The Bertz CT molecular complexity index is 1370. The van der Waals surface area contributed by atoms with Crippen LogP contribution in [0.5, 0.6) is 11.5 Å². The van der Waals surface area contributed by atoms with Crippen LogP contribution in [0.3, 0.4) is 0 Å². The third-order valence-corrected chi connectivity index (χ3v) is 6.99. The van der Waals surface area contributed by atoms with Gasteiger partial charge in [0.25, 0.3) is 10.0 Å². The summed E-state index contributed by atoms with van der Waals surface area (Å²) in [5, 5.41) is 0.897. The number of rotatable bonds is 6.